The van der Waals surface area contributed by atoms with Crippen molar-refractivity contribution in [2.24, 2.45) is 0 Å². The molecular weight excluding hydrogens is 310 g/mol. The van der Waals surface area contributed by atoms with E-state index in [4.69, 9.17) is 4.74 Å². The summed E-state index contributed by atoms with van der Waals surface area (Å²) in [6.45, 7) is 15.6. The van der Waals surface area contributed by atoms with E-state index in [0.29, 0.717) is 6.04 Å². The van der Waals surface area contributed by atoms with E-state index in [1.165, 1.54) is 50.3 Å². The van der Waals surface area contributed by atoms with Crippen molar-refractivity contribution in [2.45, 2.75) is 45.1 Å². The van der Waals surface area contributed by atoms with Gasteiger partial charge in [-0.15, -0.1) is 0 Å². The van der Waals surface area contributed by atoms with E-state index < -0.39 is 0 Å². The van der Waals surface area contributed by atoms with Gasteiger partial charge in [0, 0.05) is 51.0 Å². The van der Waals surface area contributed by atoms with Gasteiger partial charge >= 0.3 is 0 Å². The zero-order valence-corrected chi connectivity index (χ0v) is 16.3. The molecule has 1 aromatic rings. The minimum Gasteiger partial charge on any atom is -0.382 e. The number of nitrogens with one attached hydrogen (secondary N) is 1. The number of benzene rings is 1. The third-order valence-electron chi connectivity index (χ3n) is 5.55. The van der Waals surface area contributed by atoms with Gasteiger partial charge in [0.25, 0.3) is 0 Å². The maximum Gasteiger partial charge on any atom is 0.0594 e. The summed E-state index contributed by atoms with van der Waals surface area (Å²) in [5.74, 6) is 0. The SMILES string of the molecule is CC(C)(C)c1ccc(NC2CCN(CCN3CCOCC3)CC2)cc1. The van der Waals surface area contributed by atoms with Gasteiger partial charge in [0.15, 0.2) is 0 Å². The molecule has 0 amide bonds. The molecule has 140 valence electrons. The van der Waals surface area contributed by atoms with Crippen LogP contribution in [0.3, 0.4) is 0 Å². The summed E-state index contributed by atoms with van der Waals surface area (Å²) in [5.41, 5.74) is 2.89. The lowest BCUT2D eigenvalue weighted by Gasteiger charge is -2.35. The lowest BCUT2D eigenvalue weighted by Crippen LogP contribution is -2.45. The molecule has 1 N–H and O–H groups in total. The van der Waals surface area contributed by atoms with Crippen LogP contribution in [0.1, 0.15) is 39.2 Å². The Morgan fingerprint density at radius 3 is 2.04 bits per heavy atom. The molecule has 0 radical (unpaired) electrons. The molecule has 25 heavy (non-hydrogen) atoms. The molecule has 0 saturated carbocycles. The molecule has 2 heterocycles. The summed E-state index contributed by atoms with van der Waals surface area (Å²) in [4.78, 5) is 5.15. The van der Waals surface area contributed by atoms with Gasteiger partial charge < -0.3 is 15.0 Å². The van der Waals surface area contributed by atoms with Crippen LogP contribution in [0.25, 0.3) is 0 Å². The Morgan fingerprint density at radius 2 is 1.48 bits per heavy atom. The molecule has 2 aliphatic heterocycles. The molecule has 2 saturated heterocycles. The smallest absolute Gasteiger partial charge is 0.0594 e. The first-order valence-corrected chi connectivity index (χ1v) is 9.90. The van der Waals surface area contributed by atoms with Gasteiger partial charge in [0.05, 0.1) is 13.2 Å². The van der Waals surface area contributed by atoms with Crippen molar-refractivity contribution in [1.82, 2.24) is 9.80 Å². The predicted molar refractivity (Wildman–Crippen MR) is 105 cm³/mol. The van der Waals surface area contributed by atoms with E-state index in [1.807, 2.05) is 0 Å². The van der Waals surface area contributed by atoms with Gasteiger partial charge in [0.2, 0.25) is 0 Å². The molecule has 4 heteroatoms. The predicted octanol–water partition coefficient (Wildman–Crippen LogP) is 3.19. The molecule has 0 spiro atoms. The lowest BCUT2D eigenvalue weighted by atomic mass is 9.87. The Hall–Kier alpha value is -1.10. The normalized spacial score (nSPS) is 21.4. The maximum absolute atomic E-state index is 5.42. The van der Waals surface area contributed by atoms with Crippen molar-refractivity contribution in [1.29, 1.82) is 0 Å². The Morgan fingerprint density at radius 1 is 0.920 bits per heavy atom. The summed E-state index contributed by atoms with van der Waals surface area (Å²) < 4.78 is 5.42. The molecule has 2 aliphatic rings. The first kappa shape index (κ1) is 18.7. The van der Waals surface area contributed by atoms with Gasteiger partial charge in [-0.25, -0.2) is 0 Å². The molecule has 2 fully saturated rings. The van der Waals surface area contributed by atoms with E-state index in [9.17, 15) is 0 Å². The number of morpholine rings is 1. The molecule has 0 unspecified atom stereocenters. The number of ether oxygens (including phenoxy) is 1. The summed E-state index contributed by atoms with van der Waals surface area (Å²) in [6.07, 6.45) is 2.48. The maximum atomic E-state index is 5.42. The van der Waals surface area contributed by atoms with Crippen molar-refractivity contribution in [3.05, 3.63) is 29.8 Å². The number of nitrogens with zero attached hydrogens (tertiary/aromatic N) is 2. The third-order valence-corrected chi connectivity index (χ3v) is 5.55. The van der Waals surface area contributed by atoms with Gasteiger partial charge in [-0.3, -0.25) is 4.90 Å². The highest BCUT2D eigenvalue weighted by atomic mass is 16.5. The van der Waals surface area contributed by atoms with Crippen molar-refractivity contribution in [2.75, 3.05) is 57.8 Å². The fourth-order valence-corrected chi connectivity index (χ4v) is 3.71. The molecule has 0 bridgehead atoms. The number of rotatable bonds is 5. The standard InChI is InChI=1S/C21H35N3O/c1-21(2,3)18-4-6-19(7-5-18)22-20-8-10-23(11-9-20)12-13-24-14-16-25-17-15-24/h4-7,20,22H,8-17H2,1-3H3. The number of hydrogen-bond donors (Lipinski definition) is 1. The highest BCUT2D eigenvalue weighted by Crippen LogP contribution is 2.24. The van der Waals surface area contributed by atoms with Crippen LogP contribution in [0.2, 0.25) is 0 Å². The van der Waals surface area contributed by atoms with E-state index in [-0.39, 0.29) is 5.41 Å². The van der Waals surface area contributed by atoms with Crippen molar-refractivity contribution < 1.29 is 4.74 Å². The number of likely N-dealkylation sites (tertiary alicyclic amines) is 1. The zero-order valence-electron chi connectivity index (χ0n) is 16.3. The van der Waals surface area contributed by atoms with Crippen LogP contribution in [0, 0.1) is 0 Å². The number of hydrogen-bond acceptors (Lipinski definition) is 4. The average molecular weight is 346 g/mol. The first-order chi connectivity index (χ1) is 12.0. The Balaban J connectivity index is 1.38. The monoisotopic (exact) mass is 345 g/mol. The van der Waals surface area contributed by atoms with Crippen LogP contribution in [0.15, 0.2) is 24.3 Å². The Labute approximate surface area is 153 Å². The minimum absolute atomic E-state index is 0.227. The largest absolute Gasteiger partial charge is 0.382 e. The molecule has 3 rings (SSSR count). The van der Waals surface area contributed by atoms with Crippen molar-refractivity contribution in [3.8, 4) is 0 Å². The van der Waals surface area contributed by atoms with Gasteiger partial charge in [-0.1, -0.05) is 32.9 Å². The molecule has 4 nitrogen and oxygen atoms in total. The molecule has 0 aromatic heterocycles. The topological polar surface area (TPSA) is 27.7 Å². The van der Waals surface area contributed by atoms with E-state index in [0.717, 1.165) is 26.3 Å². The minimum atomic E-state index is 0.227. The van der Waals surface area contributed by atoms with Crippen LogP contribution in [-0.2, 0) is 10.2 Å². The summed E-state index contributed by atoms with van der Waals surface area (Å²) in [5, 5.41) is 3.73. The first-order valence-electron chi connectivity index (χ1n) is 9.90. The molecule has 0 atom stereocenters. The molecular formula is C21H35N3O. The fourth-order valence-electron chi connectivity index (χ4n) is 3.71. The zero-order chi connectivity index (χ0) is 17.7. The average Bonchev–Trinajstić information content (AvgIpc) is 2.62. The quantitative estimate of drug-likeness (QED) is 0.887. The highest BCUT2D eigenvalue weighted by molar-refractivity contribution is 5.46. The number of anilines is 1. The highest BCUT2D eigenvalue weighted by Gasteiger charge is 2.20. The third kappa shape index (κ3) is 5.70. The Bertz CT molecular complexity index is 509. The van der Waals surface area contributed by atoms with Gasteiger partial charge in [-0.05, 0) is 36.0 Å². The number of piperidine rings is 1. The van der Waals surface area contributed by atoms with Crippen LogP contribution in [0.4, 0.5) is 5.69 Å². The second-order valence-electron chi connectivity index (χ2n) is 8.54. The molecule has 0 aliphatic carbocycles. The molecule has 1 aromatic carbocycles. The van der Waals surface area contributed by atoms with Crippen LogP contribution in [0.5, 0.6) is 0 Å². The van der Waals surface area contributed by atoms with Crippen molar-refractivity contribution in [3.63, 3.8) is 0 Å². The summed E-state index contributed by atoms with van der Waals surface area (Å²) in [7, 11) is 0. The van der Waals surface area contributed by atoms with Gasteiger partial charge in [0.1, 0.15) is 0 Å². The van der Waals surface area contributed by atoms with Crippen LogP contribution in [-0.4, -0.2) is 68.3 Å². The summed E-state index contributed by atoms with van der Waals surface area (Å²) >= 11 is 0. The van der Waals surface area contributed by atoms with E-state index in [2.05, 4.69) is 60.2 Å². The van der Waals surface area contributed by atoms with E-state index in [1.54, 1.807) is 0 Å². The second-order valence-corrected chi connectivity index (χ2v) is 8.54. The summed E-state index contributed by atoms with van der Waals surface area (Å²) in [6, 6.07) is 9.62. The Kier molecular flexibility index (Phi) is 6.37. The van der Waals surface area contributed by atoms with E-state index >= 15 is 0 Å². The fraction of sp³-hybridized carbons (Fsp3) is 0.714. The van der Waals surface area contributed by atoms with Crippen LogP contribution < -0.4 is 5.32 Å². The second kappa shape index (κ2) is 8.52. The van der Waals surface area contributed by atoms with Gasteiger partial charge in [-0.2, -0.15) is 0 Å². The lowest BCUT2D eigenvalue weighted by molar-refractivity contribution is 0.0322. The van der Waals surface area contributed by atoms with Crippen LogP contribution >= 0.6 is 0 Å². The van der Waals surface area contributed by atoms with Crippen molar-refractivity contribution >= 4 is 5.69 Å².